The average Bonchev–Trinajstić information content (AvgIpc) is 2.63. The van der Waals surface area contributed by atoms with E-state index in [4.69, 9.17) is 0 Å². The molecule has 0 aliphatic rings. The molecule has 2 rings (SSSR count). The van der Waals surface area contributed by atoms with E-state index in [0.29, 0.717) is 0 Å². The molecular weight excluding hydrogens is 278 g/mol. The van der Waals surface area contributed by atoms with E-state index in [1.807, 2.05) is 37.0 Å². The summed E-state index contributed by atoms with van der Waals surface area (Å²) < 4.78 is 3.03. The van der Waals surface area contributed by atoms with E-state index >= 15 is 0 Å². The van der Waals surface area contributed by atoms with Gasteiger partial charge in [0.15, 0.2) is 0 Å². The summed E-state index contributed by atoms with van der Waals surface area (Å²) in [6, 6.07) is 10.3. The van der Waals surface area contributed by atoms with Crippen LogP contribution in [0.4, 0.5) is 0 Å². The van der Waals surface area contributed by atoms with Gasteiger partial charge < -0.3 is 5.32 Å². The maximum absolute atomic E-state index is 4.55. The van der Waals surface area contributed by atoms with Gasteiger partial charge in [0.2, 0.25) is 0 Å². The van der Waals surface area contributed by atoms with Crippen molar-refractivity contribution in [2.75, 3.05) is 13.6 Å². The third-order valence-electron chi connectivity index (χ3n) is 2.71. The van der Waals surface area contributed by atoms with Crippen molar-refractivity contribution < 1.29 is 0 Å². The van der Waals surface area contributed by atoms with Crippen LogP contribution in [0.3, 0.4) is 0 Å². The minimum atomic E-state index is 0.928. The summed E-state index contributed by atoms with van der Waals surface area (Å²) in [7, 11) is 3.94. The fraction of sp³-hybridized carbons (Fsp3) is 0.308. The van der Waals surface area contributed by atoms with Crippen molar-refractivity contribution >= 4 is 15.9 Å². The van der Waals surface area contributed by atoms with Crippen LogP contribution in [0.5, 0.6) is 0 Å². The Hall–Kier alpha value is -1.13. The molecule has 90 valence electrons. The first kappa shape index (κ1) is 12.3. The van der Waals surface area contributed by atoms with Crippen molar-refractivity contribution in [3.05, 3.63) is 40.5 Å². The van der Waals surface area contributed by atoms with Crippen molar-refractivity contribution in [3.8, 4) is 11.3 Å². The fourth-order valence-electron chi connectivity index (χ4n) is 1.87. The summed E-state index contributed by atoms with van der Waals surface area (Å²) in [5.74, 6) is 0. The second-order valence-corrected chi connectivity index (χ2v) is 4.75. The maximum Gasteiger partial charge on any atom is 0.0824 e. The van der Waals surface area contributed by atoms with Crippen molar-refractivity contribution in [1.82, 2.24) is 15.1 Å². The smallest absolute Gasteiger partial charge is 0.0824 e. The highest BCUT2D eigenvalue weighted by atomic mass is 79.9. The van der Waals surface area contributed by atoms with Gasteiger partial charge in [-0.2, -0.15) is 5.10 Å². The minimum absolute atomic E-state index is 0.928. The highest BCUT2D eigenvalue weighted by Gasteiger charge is 2.14. The van der Waals surface area contributed by atoms with Crippen molar-refractivity contribution in [2.45, 2.75) is 6.42 Å². The number of halogens is 1. The molecule has 1 aromatic heterocycles. The van der Waals surface area contributed by atoms with Crippen LogP contribution < -0.4 is 5.32 Å². The Labute approximate surface area is 110 Å². The molecule has 0 aliphatic heterocycles. The molecule has 0 radical (unpaired) electrons. The van der Waals surface area contributed by atoms with Gasteiger partial charge >= 0.3 is 0 Å². The number of aryl methyl sites for hydroxylation is 1. The Bertz CT molecular complexity index is 491. The van der Waals surface area contributed by atoms with Crippen LogP contribution >= 0.6 is 15.9 Å². The topological polar surface area (TPSA) is 29.9 Å². The molecule has 0 fully saturated rings. The van der Waals surface area contributed by atoms with Crippen LogP contribution in [0.1, 0.15) is 5.69 Å². The van der Waals surface area contributed by atoms with Gasteiger partial charge in [-0.1, -0.05) is 30.3 Å². The Kier molecular flexibility index (Phi) is 3.97. The van der Waals surface area contributed by atoms with E-state index in [1.54, 1.807) is 0 Å². The molecule has 0 saturated heterocycles. The van der Waals surface area contributed by atoms with Gasteiger partial charge in [-0.15, -0.1) is 0 Å². The Morgan fingerprint density at radius 1 is 1.29 bits per heavy atom. The van der Waals surface area contributed by atoms with E-state index in [-0.39, 0.29) is 0 Å². The summed E-state index contributed by atoms with van der Waals surface area (Å²) in [5, 5.41) is 7.70. The molecule has 0 spiro atoms. The fourth-order valence-corrected chi connectivity index (χ4v) is 2.63. The summed E-state index contributed by atoms with van der Waals surface area (Å²) in [5.41, 5.74) is 3.42. The zero-order valence-electron chi connectivity index (χ0n) is 10.1. The van der Waals surface area contributed by atoms with Crippen LogP contribution in [0.2, 0.25) is 0 Å². The van der Waals surface area contributed by atoms with Gasteiger partial charge in [-0.25, -0.2) is 0 Å². The number of benzene rings is 1. The lowest BCUT2D eigenvalue weighted by Gasteiger charge is -2.02. The van der Waals surface area contributed by atoms with Crippen molar-refractivity contribution in [2.24, 2.45) is 7.05 Å². The molecular formula is C13H16BrN3. The molecule has 2 aromatic rings. The first-order chi connectivity index (χ1) is 8.24. The number of rotatable bonds is 4. The molecule has 0 unspecified atom stereocenters. The zero-order chi connectivity index (χ0) is 12.3. The molecule has 3 nitrogen and oxygen atoms in total. The lowest BCUT2D eigenvalue weighted by molar-refractivity contribution is 0.720. The molecule has 0 aliphatic carbocycles. The van der Waals surface area contributed by atoms with Crippen LogP contribution in [0.25, 0.3) is 11.3 Å². The van der Waals surface area contributed by atoms with Crippen molar-refractivity contribution in [3.63, 3.8) is 0 Å². The summed E-state index contributed by atoms with van der Waals surface area (Å²) in [6.45, 7) is 0.934. The van der Waals surface area contributed by atoms with Gasteiger partial charge in [-0.05, 0) is 23.0 Å². The molecule has 0 atom stereocenters. The monoisotopic (exact) mass is 293 g/mol. The first-order valence-corrected chi connectivity index (χ1v) is 6.44. The highest BCUT2D eigenvalue weighted by molar-refractivity contribution is 9.10. The predicted octanol–water partition coefficient (Wildman–Crippen LogP) is 2.61. The van der Waals surface area contributed by atoms with Gasteiger partial charge in [0, 0.05) is 25.6 Å². The number of likely N-dealkylation sites (N-methyl/N-ethyl adjacent to an activating group) is 1. The van der Waals surface area contributed by atoms with Crippen LogP contribution in [0, 0.1) is 0 Å². The molecule has 0 amide bonds. The standard InChI is InChI=1S/C13H16BrN3/c1-15-9-8-11-12(14)13(17(2)16-11)10-6-4-3-5-7-10/h3-7,15H,8-9H2,1-2H3. The SMILES string of the molecule is CNCCc1nn(C)c(-c2ccccc2)c1Br. The second-order valence-electron chi connectivity index (χ2n) is 3.95. The summed E-state index contributed by atoms with van der Waals surface area (Å²) >= 11 is 3.66. The highest BCUT2D eigenvalue weighted by Crippen LogP contribution is 2.30. The number of nitrogens with one attached hydrogen (secondary N) is 1. The van der Waals surface area contributed by atoms with E-state index in [9.17, 15) is 0 Å². The largest absolute Gasteiger partial charge is 0.319 e. The van der Waals surface area contributed by atoms with E-state index < -0.39 is 0 Å². The summed E-state index contributed by atoms with van der Waals surface area (Å²) in [4.78, 5) is 0. The molecule has 0 bridgehead atoms. The zero-order valence-corrected chi connectivity index (χ0v) is 11.7. The second kappa shape index (κ2) is 5.47. The Morgan fingerprint density at radius 2 is 2.00 bits per heavy atom. The lowest BCUT2D eigenvalue weighted by atomic mass is 10.1. The average molecular weight is 294 g/mol. The predicted molar refractivity (Wildman–Crippen MR) is 74.0 cm³/mol. The van der Waals surface area contributed by atoms with E-state index in [2.05, 4.69) is 38.5 Å². The minimum Gasteiger partial charge on any atom is -0.319 e. The lowest BCUT2D eigenvalue weighted by Crippen LogP contribution is -2.11. The van der Waals surface area contributed by atoms with Crippen LogP contribution in [-0.4, -0.2) is 23.4 Å². The van der Waals surface area contributed by atoms with Crippen LogP contribution in [-0.2, 0) is 13.5 Å². The molecule has 1 aromatic carbocycles. The quantitative estimate of drug-likeness (QED) is 0.939. The number of hydrogen-bond acceptors (Lipinski definition) is 2. The van der Waals surface area contributed by atoms with Gasteiger partial charge in [0.25, 0.3) is 0 Å². The third kappa shape index (κ3) is 2.58. The van der Waals surface area contributed by atoms with Gasteiger partial charge in [0.1, 0.15) is 0 Å². The normalized spacial score (nSPS) is 10.8. The Balaban J connectivity index is 2.38. The number of aromatic nitrogens is 2. The number of nitrogens with zero attached hydrogens (tertiary/aromatic N) is 2. The van der Waals surface area contributed by atoms with Gasteiger partial charge in [0.05, 0.1) is 15.9 Å². The molecule has 1 heterocycles. The van der Waals surface area contributed by atoms with Crippen LogP contribution in [0.15, 0.2) is 34.8 Å². The first-order valence-electron chi connectivity index (χ1n) is 5.65. The number of hydrogen-bond donors (Lipinski definition) is 1. The Morgan fingerprint density at radius 3 is 2.65 bits per heavy atom. The van der Waals surface area contributed by atoms with E-state index in [0.717, 1.165) is 28.8 Å². The maximum atomic E-state index is 4.55. The molecule has 4 heteroatoms. The third-order valence-corrected chi connectivity index (χ3v) is 3.55. The molecule has 17 heavy (non-hydrogen) atoms. The van der Waals surface area contributed by atoms with E-state index in [1.165, 1.54) is 5.56 Å². The summed E-state index contributed by atoms with van der Waals surface area (Å²) in [6.07, 6.45) is 0.928. The molecule has 0 saturated carbocycles. The molecule has 1 N–H and O–H groups in total. The van der Waals surface area contributed by atoms with Gasteiger partial charge in [-0.3, -0.25) is 4.68 Å². The van der Waals surface area contributed by atoms with Crippen molar-refractivity contribution in [1.29, 1.82) is 0 Å².